The van der Waals surface area contributed by atoms with E-state index in [1.807, 2.05) is 0 Å². The molecule has 0 aliphatic heterocycles. The fourth-order valence-electron chi connectivity index (χ4n) is 1.39. The van der Waals surface area contributed by atoms with Crippen LogP contribution in [0.3, 0.4) is 0 Å². The standard InChI is InChI=1S/C7H13ClO3S/c1-12(9,10)11-5-6-2-3-7(8)4-6/h6-7H,2-5H2,1H3. The molecule has 5 heteroatoms. The van der Waals surface area contributed by atoms with Gasteiger partial charge in [-0.2, -0.15) is 8.42 Å². The summed E-state index contributed by atoms with van der Waals surface area (Å²) < 4.78 is 25.9. The van der Waals surface area contributed by atoms with Gasteiger partial charge in [0.15, 0.2) is 0 Å². The van der Waals surface area contributed by atoms with Crippen LogP contribution in [0.1, 0.15) is 19.3 Å². The number of hydrogen-bond donors (Lipinski definition) is 0. The summed E-state index contributed by atoms with van der Waals surface area (Å²) in [6.45, 7) is 0.294. The van der Waals surface area contributed by atoms with E-state index in [2.05, 4.69) is 4.18 Å². The molecule has 1 fully saturated rings. The minimum Gasteiger partial charge on any atom is -0.270 e. The molecule has 2 unspecified atom stereocenters. The van der Waals surface area contributed by atoms with Gasteiger partial charge in [-0.15, -0.1) is 11.6 Å². The van der Waals surface area contributed by atoms with Crippen molar-refractivity contribution in [3.63, 3.8) is 0 Å². The second-order valence-electron chi connectivity index (χ2n) is 3.27. The van der Waals surface area contributed by atoms with Crippen molar-refractivity contribution in [3.8, 4) is 0 Å². The van der Waals surface area contributed by atoms with E-state index < -0.39 is 10.1 Å². The first-order chi connectivity index (χ1) is 5.47. The van der Waals surface area contributed by atoms with Crippen molar-refractivity contribution in [2.24, 2.45) is 5.92 Å². The van der Waals surface area contributed by atoms with E-state index in [1.165, 1.54) is 0 Å². The summed E-state index contributed by atoms with van der Waals surface area (Å²) in [6, 6.07) is 0. The van der Waals surface area contributed by atoms with Crippen molar-refractivity contribution >= 4 is 21.7 Å². The van der Waals surface area contributed by atoms with Crippen LogP contribution in [0.2, 0.25) is 0 Å². The quantitative estimate of drug-likeness (QED) is 0.524. The van der Waals surface area contributed by atoms with Gasteiger partial charge in [0.05, 0.1) is 12.9 Å². The third-order valence-electron chi connectivity index (χ3n) is 2.00. The minimum atomic E-state index is -3.27. The Bertz CT molecular complexity index is 237. The summed E-state index contributed by atoms with van der Waals surface area (Å²) in [4.78, 5) is 0. The van der Waals surface area contributed by atoms with Gasteiger partial charge in [0.1, 0.15) is 0 Å². The van der Waals surface area contributed by atoms with Crippen LogP contribution in [0.25, 0.3) is 0 Å². The van der Waals surface area contributed by atoms with E-state index >= 15 is 0 Å². The van der Waals surface area contributed by atoms with Crippen LogP contribution in [0.15, 0.2) is 0 Å². The molecule has 3 nitrogen and oxygen atoms in total. The third kappa shape index (κ3) is 3.74. The van der Waals surface area contributed by atoms with Gasteiger partial charge in [0.2, 0.25) is 0 Å². The van der Waals surface area contributed by atoms with Crippen LogP contribution in [0.4, 0.5) is 0 Å². The van der Waals surface area contributed by atoms with Crippen molar-refractivity contribution in [1.29, 1.82) is 0 Å². The lowest BCUT2D eigenvalue weighted by Gasteiger charge is -2.07. The van der Waals surface area contributed by atoms with E-state index in [4.69, 9.17) is 11.6 Å². The van der Waals surface area contributed by atoms with Gasteiger partial charge in [0.25, 0.3) is 10.1 Å². The Balaban J connectivity index is 2.25. The van der Waals surface area contributed by atoms with E-state index in [0.29, 0.717) is 12.5 Å². The zero-order valence-electron chi connectivity index (χ0n) is 6.99. The summed E-state index contributed by atoms with van der Waals surface area (Å²) in [7, 11) is -3.27. The lowest BCUT2D eigenvalue weighted by molar-refractivity contribution is 0.259. The average molecular weight is 213 g/mol. The molecule has 0 saturated heterocycles. The molecule has 0 heterocycles. The van der Waals surface area contributed by atoms with Gasteiger partial charge in [-0.25, -0.2) is 0 Å². The molecule has 1 aliphatic rings. The monoisotopic (exact) mass is 212 g/mol. The highest BCUT2D eigenvalue weighted by atomic mass is 35.5. The maximum absolute atomic E-state index is 10.6. The Kier molecular flexibility index (Phi) is 3.37. The average Bonchev–Trinajstić information content (AvgIpc) is 2.30. The Morgan fingerprint density at radius 1 is 1.50 bits per heavy atom. The molecule has 0 N–H and O–H groups in total. The van der Waals surface area contributed by atoms with Crippen LogP contribution in [0.5, 0.6) is 0 Å². The Labute approximate surface area is 78.2 Å². The van der Waals surface area contributed by atoms with Crippen molar-refractivity contribution in [2.45, 2.75) is 24.6 Å². The second-order valence-corrected chi connectivity index (χ2v) is 5.53. The first kappa shape index (κ1) is 10.3. The van der Waals surface area contributed by atoms with E-state index in [1.54, 1.807) is 0 Å². The van der Waals surface area contributed by atoms with Gasteiger partial charge in [-0.3, -0.25) is 4.18 Å². The first-order valence-electron chi connectivity index (χ1n) is 3.96. The van der Waals surface area contributed by atoms with Crippen LogP contribution in [-0.2, 0) is 14.3 Å². The molecule has 1 rings (SSSR count). The van der Waals surface area contributed by atoms with E-state index in [0.717, 1.165) is 25.5 Å². The highest BCUT2D eigenvalue weighted by Crippen LogP contribution is 2.29. The molecule has 0 spiro atoms. The van der Waals surface area contributed by atoms with E-state index in [-0.39, 0.29) is 5.38 Å². The third-order valence-corrected chi connectivity index (χ3v) is 2.96. The molecule has 2 atom stereocenters. The molecule has 1 saturated carbocycles. The van der Waals surface area contributed by atoms with Crippen LogP contribution in [0, 0.1) is 5.92 Å². The normalized spacial score (nSPS) is 30.8. The molecule has 72 valence electrons. The maximum atomic E-state index is 10.6. The van der Waals surface area contributed by atoms with Crippen molar-refractivity contribution in [2.75, 3.05) is 12.9 Å². The van der Waals surface area contributed by atoms with Gasteiger partial charge >= 0.3 is 0 Å². The second kappa shape index (κ2) is 3.94. The van der Waals surface area contributed by atoms with Crippen LogP contribution in [-0.4, -0.2) is 26.7 Å². The topological polar surface area (TPSA) is 43.4 Å². The highest BCUT2D eigenvalue weighted by molar-refractivity contribution is 7.85. The predicted molar refractivity (Wildman–Crippen MR) is 47.8 cm³/mol. The van der Waals surface area contributed by atoms with Gasteiger partial charge < -0.3 is 0 Å². The summed E-state index contributed by atoms with van der Waals surface area (Å²) in [5, 5.41) is 0.207. The molecule has 0 amide bonds. The molecule has 0 radical (unpaired) electrons. The molecule has 0 aromatic heterocycles. The summed E-state index contributed by atoms with van der Waals surface area (Å²) >= 11 is 5.85. The highest BCUT2D eigenvalue weighted by Gasteiger charge is 2.23. The lowest BCUT2D eigenvalue weighted by atomic mass is 10.1. The predicted octanol–water partition coefficient (Wildman–Crippen LogP) is 1.37. The van der Waals surface area contributed by atoms with Crippen molar-refractivity contribution in [3.05, 3.63) is 0 Å². The van der Waals surface area contributed by atoms with Gasteiger partial charge in [-0.1, -0.05) is 0 Å². The number of halogens is 1. The molecule has 12 heavy (non-hydrogen) atoms. The molecular formula is C7H13ClO3S. The molecular weight excluding hydrogens is 200 g/mol. The summed E-state index contributed by atoms with van der Waals surface area (Å²) in [6.07, 6.45) is 3.89. The molecule has 0 bridgehead atoms. The molecule has 0 aromatic carbocycles. The fourth-order valence-corrected chi connectivity index (χ4v) is 2.20. The van der Waals surface area contributed by atoms with Crippen LogP contribution < -0.4 is 0 Å². The lowest BCUT2D eigenvalue weighted by Crippen LogP contribution is -2.11. The molecule has 1 aliphatic carbocycles. The maximum Gasteiger partial charge on any atom is 0.264 e. The summed E-state index contributed by atoms with van der Waals surface area (Å²) in [5.74, 6) is 0.322. The number of hydrogen-bond acceptors (Lipinski definition) is 3. The summed E-state index contributed by atoms with van der Waals surface area (Å²) in [5.41, 5.74) is 0. The van der Waals surface area contributed by atoms with Crippen molar-refractivity contribution in [1.82, 2.24) is 0 Å². The largest absolute Gasteiger partial charge is 0.270 e. The zero-order valence-corrected chi connectivity index (χ0v) is 8.57. The SMILES string of the molecule is CS(=O)(=O)OCC1CCC(Cl)C1. The Morgan fingerprint density at radius 3 is 2.58 bits per heavy atom. The zero-order chi connectivity index (χ0) is 9.19. The Morgan fingerprint density at radius 2 is 2.17 bits per heavy atom. The number of alkyl halides is 1. The van der Waals surface area contributed by atoms with Crippen LogP contribution >= 0.6 is 11.6 Å². The fraction of sp³-hybridized carbons (Fsp3) is 1.00. The Hall–Kier alpha value is 0.200. The minimum absolute atomic E-state index is 0.207. The van der Waals surface area contributed by atoms with Gasteiger partial charge in [0, 0.05) is 5.38 Å². The molecule has 0 aromatic rings. The first-order valence-corrected chi connectivity index (χ1v) is 6.21. The smallest absolute Gasteiger partial charge is 0.264 e. The van der Waals surface area contributed by atoms with Crippen molar-refractivity contribution < 1.29 is 12.6 Å². The number of rotatable bonds is 3. The van der Waals surface area contributed by atoms with Gasteiger partial charge in [-0.05, 0) is 25.2 Å². The van der Waals surface area contributed by atoms with E-state index in [9.17, 15) is 8.42 Å².